The molecule has 1 aliphatic heterocycles. The minimum absolute atomic E-state index is 0.0522. The molecule has 5 heteroatoms. The molecule has 158 valence electrons. The Hall–Kier alpha value is -1.69. The van der Waals surface area contributed by atoms with Gasteiger partial charge in [-0.05, 0) is 61.9 Å². The zero-order valence-electron chi connectivity index (χ0n) is 17.9. The smallest absolute Gasteiger partial charge is 0.222 e. The number of methoxy groups -OCH3 is 2. The molecule has 1 aliphatic rings. The van der Waals surface area contributed by atoms with Gasteiger partial charge in [-0.25, -0.2) is 0 Å². The molecule has 1 saturated heterocycles. The number of thioether (sulfide) groups is 1. The zero-order chi connectivity index (χ0) is 20.7. The van der Waals surface area contributed by atoms with Gasteiger partial charge in [-0.2, -0.15) is 11.8 Å². The maximum Gasteiger partial charge on any atom is 0.222 e. The van der Waals surface area contributed by atoms with E-state index in [0.717, 1.165) is 53.4 Å². The molecule has 0 amide bonds. The van der Waals surface area contributed by atoms with Crippen LogP contribution < -0.4 is 9.47 Å². The van der Waals surface area contributed by atoms with Crippen LogP contribution in [0, 0.1) is 0 Å². The number of hydrogen-bond donors (Lipinski definition) is 0. The molecule has 0 unspecified atom stereocenters. The highest BCUT2D eigenvalue weighted by Crippen LogP contribution is 2.41. The lowest BCUT2D eigenvalue weighted by atomic mass is 9.95. The SMILES string of the molecule is CCCC[C@H]1CSC[C@H](C)OC(c2ccc(OC)cc2)(c2ccc(OC)cc2)O1. The van der Waals surface area contributed by atoms with E-state index in [9.17, 15) is 0 Å². The van der Waals surface area contributed by atoms with Gasteiger partial charge in [-0.1, -0.05) is 19.8 Å². The molecule has 0 bridgehead atoms. The van der Waals surface area contributed by atoms with Gasteiger partial charge in [0.1, 0.15) is 11.5 Å². The molecule has 0 saturated carbocycles. The molecule has 0 spiro atoms. The molecule has 0 aromatic heterocycles. The van der Waals surface area contributed by atoms with Gasteiger partial charge >= 0.3 is 0 Å². The van der Waals surface area contributed by atoms with E-state index in [2.05, 4.69) is 13.8 Å². The van der Waals surface area contributed by atoms with Gasteiger partial charge in [0, 0.05) is 22.6 Å². The summed E-state index contributed by atoms with van der Waals surface area (Å²) < 4.78 is 24.3. The minimum Gasteiger partial charge on any atom is -0.497 e. The van der Waals surface area contributed by atoms with Crippen LogP contribution in [-0.2, 0) is 15.3 Å². The van der Waals surface area contributed by atoms with Gasteiger partial charge in [-0.3, -0.25) is 0 Å². The second kappa shape index (κ2) is 10.4. The van der Waals surface area contributed by atoms with E-state index in [0.29, 0.717) is 0 Å². The average molecular weight is 417 g/mol. The number of rotatable bonds is 7. The Morgan fingerprint density at radius 1 is 0.897 bits per heavy atom. The van der Waals surface area contributed by atoms with Crippen molar-refractivity contribution in [1.82, 2.24) is 0 Å². The second-order valence-electron chi connectivity index (χ2n) is 7.42. The highest BCUT2D eigenvalue weighted by atomic mass is 32.2. The molecule has 0 aliphatic carbocycles. The van der Waals surface area contributed by atoms with Crippen LogP contribution in [0.25, 0.3) is 0 Å². The van der Waals surface area contributed by atoms with Gasteiger partial charge in [0.05, 0.1) is 26.4 Å². The van der Waals surface area contributed by atoms with Crippen LogP contribution in [0.15, 0.2) is 48.5 Å². The Kier molecular flexibility index (Phi) is 7.87. The first-order valence-electron chi connectivity index (χ1n) is 10.3. The minimum atomic E-state index is -0.961. The fourth-order valence-electron chi connectivity index (χ4n) is 3.61. The first kappa shape index (κ1) is 22.0. The summed E-state index contributed by atoms with van der Waals surface area (Å²) in [6.07, 6.45) is 3.49. The first-order chi connectivity index (χ1) is 14.1. The molecule has 3 rings (SSSR count). The van der Waals surface area contributed by atoms with E-state index in [4.69, 9.17) is 18.9 Å². The fraction of sp³-hybridized carbons (Fsp3) is 0.500. The first-order valence-corrected chi connectivity index (χ1v) is 11.5. The van der Waals surface area contributed by atoms with Crippen molar-refractivity contribution >= 4 is 11.8 Å². The Labute approximate surface area is 178 Å². The molecule has 1 fully saturated rings. The lowest BCUT2D eigenvalue weighted by molar-refractivity contribution is -0.255. The van der Waals surface area contributed by atoms with Crippen molar-refractivity contribution in [3.63, 3.8) is 0 Å². The van der Waals surface area contributed by atoms with Gasteiger partial charge < -0.3 is 18.9 Å². The van der Waals surface area contributed by atoms with Crippen LogP contribution in [-0.4, -0.2) is 37.9 Å². The van der Waals surface area contributed by atoms with E-state index < -0.39 is 5.79 Å². The summed E-state index contributed by atoms with van der Waals surface area (Å²) in [4.78, 5) is 0. The molecule has 2 aromatic carbocycles. The van der Waals surface area contributed by atoms with Crippen LogP contribution in [0.4, 0.5) is 0 Å². The topological polar surface area (TPSA) is 36.9 Å². The van der Waals surface area contributed by atoms with Crippen LogP contribution in [0.1, 0.15) is 44.2 Å². The van der Waals surface area contributed by atoms with E-state index >= 15 is 0 Å². The molecule has 2 aromatic rings. The highest BCUT2D eigenvalue weighted by molar-refractivity contribution is 7.99. The van der Waals surface area contributed by atoms with Crippen LogP contribution in [0.5, 0.6) is 11.5 Å². The summed E-state index contributed by atoms with van der Waals surface area (Å²) >= 11 is 1.91. The van der Waals surface area contributed by atoms with Crippen LogP contribution in [0.3, 0.4) is 0 Å². The second-order valence-corrected chi connectivity index (χ2v) is 8.50. The monoisotopic (exact) mass is 416 g/mol. The molecule has 2 atom stereocenters. The van der Waals surface area contributed by atoms with E-state index in [1.165, 1.54) is 0 Å². The molecule has 29 heavy (non-hydrogen) atoms. The zero-order valence-corrected chi connectivity index (χ0v) is 18.7. The highest BCUT2D eigenvalue weighted by Gasteiger charge is 2.42. The van der Waals surface area contributed by atoms with Gasteiger partial charge in [0.25, 0.3) is 0 Å². The maximum absolute atomic E-state index is 6.85. The van der Waals surface area contributed by atoms with Crippen molar-refractivity contribution in [2.24, 2.45) is 0 Å². The van der Waals surface area contributed by atoms with Crippen molar-refractivity contribution in [2.75, 3.05) is 25.7 Å². The normalized spacial score (nSPS) is 21.8. The number of ether oxygens (including phenoxy) is 4. The van der Waals surface area contributed by atoms with E-state index in [1.807, 2.05) is 60.3 Å². The van der Waals surface area contributed by atoms with Crippen LogP contribution in [0.2, 0.25) is 0 Å². The van der Waals surface area contributed by atoms with E-state index in [1.54, 1.807) is 14.2 Å². The fourth-order valence-corrected chi connectivity index (χ4v) is 4.65. The third-order valence-corrected chi connectivity index (χ3v) is 6.49. The van der Waals surface area contributed by atoms with Crippen molar-refractivity contribution < 1.29 is 18.9 Å². The van der Waals surface area contributed by atoms with Crippen molar-refractivity contribution in [1.29, 1.82) is 0 Å². The van der Waals surface area contributed by atoms with Gasteiger partial charge in [0.2, 0.25) is 5.79 Å². The van der Waals surface area contributed by atoms with Gasteiger partial charge in [-0.15, -0.1) is 0 Å². The number of unbranched alkanes of at least 4 members (excludes halogenated alkanes) is 1. The lowest BCUT2D eigenvalue weighted by Gasteiger charge is -2.41. The molecular formula is C24H32O4S. The largest absolute Gasteiger partial charge is 0.497 e. The summed E-state index contributed by atoms with van der Waals surface area (Å²) in [5, 5.41) is 0. The predicted molar refractivity (Wildman–Crippen MR) is 119 cm³/mol. The molecule has 0 radical (unpaired) electrons. The summed E-state index contributed by atoms with van der Waals surface area (Å²) in [7, 11) is 3.36. The summed E-state index contributed by atoms with van der Waals surface area (Å²) in [5.41, 5.74) is 1.95. The van der Waals surface area contributed by atoms with E-state index in [-0.39, 0.29) is 12.2 Å². The predicted octanol–water partition coefficient (Wildman–Crippen LogP) is 5.63. The van der Waals surface area contributed by atoms with Crippen molar-refractivity contribution in [3.8, 4) is 11.5 Å². The molecular weight excluding hydrogens is 384 g/mol. The van der Waals surface area contributed by atoms with Crippen molar-refractivity contribution in [2.45, 2.75) is 51.1 Å². The third kappa shape index (κ3) is 5.27. The molecule has 4 nitrogen and oxygen atoms in total. The Bertz CT molecular complexity index is 697. The Morgan fingerprint density at radius 3 is 1.93 bits per heavy atom. The standard InChI is InChI=1S/C24H32O4S/c1-5-6-7-23-17-29-16-18(2)27-24(28-23,19-8-12-21(25-3)13-9-19)20-10-14-22(26-4)15-11-20/h8-15,18,23H,5-7,16-17H2,1-4H3/t18-,23-/m0/s1. The average Bonchev–Trinajstić information content (AvgIpc) is 2.75. The summed E-state index contributed by atoms with van der Waals surface area (Å²) in [6, 6.07) is 16.0. The molecule has 1 heterocycles. The number of hydrogen-bond acceptors (Lipinski definition) is 5. The summed E-state index contributed by atoms with van der Waals surface area (Å²) in [6.45, 7) is 4.33. The third-order valence-electron chi connectivity index (χ3n) is 5.18. The number of benzene rings is 2. The van der Waals surface area contributed by atoms with Crippen molar-refractivity contribution in [3.05, 3.63) is 59.7 Å². The Morgan fingerprint density at radius 2 is 1.45 bits per heavy atom. The quantitative estimate of drug-likeness (QED) is 0.584. The lowest BCUT2D eigenvalue weighted by Crippen LogP contribution is -2.43. The van der Waals surface area contributed by atoms with Crippen LogP contribution >= 0.6 is 11.8 Å². The maximum atomic E-state index is 6.85. The molecule has 0 N–H and O–H groups in total. The van der Waals surface area contributed by atoms with Gasteiger partial charge in [0.15, 0.2) is 0 Å². The summed E-state index contributed by atoms with van der Waals surface area (Å²) in [5.74, 6) is 2.59. The Balaban J connectivity index is 2.08.